The standard InChI is InChI=1S/C12H13F9NO/c1-4-22(8(23)6(2)3)5-7(22)9(13,14)10(15,16)11(17,18)12(19,20)21/h7H,2,4-5H2,1,3H3/q+1. The third-order valence-electron chi connectivity index (χ3n) is 3.88. The minimum Gasteiger partial charge on any atom is -0.239 e. The minimum atomic E-state index is -6.94. The van der Waals surface area contributed by atoms with Gasteiger partial charge in [0.15, 0.2) is 0 Å². The Morgan fingerprint density at radius 1 is 1.04 bits per heavy atom. The van der Waals surface area contributed by atoms with E-state index >= 15 is 0 Å². The van der Waals surface area contributed by atoms with E-state index < -0.39 is 53.5 Å². The van der Waals surface area contributed by atoms with Crippen LogP contribution in [0.5, 0.6) is 0 Å². The van der Waals surface area contributed by atoms with Crippen molar-refractivity contribution in [3.8, 4) is 0 Å². The first kappa shape index (κ1) is 19.8. The first-order chi connectivity index (χ1) is 10.0. The van der Waals surface area contributed by atoms with E-state index in [4.69, 9.17) is 0 Å². The zero-order valence-corrected chi connectivity index (χ0v) is 12.0. The molecule has 1 heterocycles. The number of likely N-dealkylation sites (N-methyl/N-ethyl adjacent to an activating group) is 1. The molecule has 0 N–H and O–H groups in total. The van der Waals surface area contributed by atoms with Gasteiger partial charge in [0, 0.05) is 5.57 Å². The van der Waals surface area contributed by atoms with Gasteiger partial charge >= 0.3 is 29.9 Å². The van der Waals surface area contributed by atoms with Crippen LogP contribution in [0.15, 0.2) is 12.2 Å². The molecule has 2 atom stereocenters. The van der Waals surface area contributed by atoms with Gasteiger partial charge in [-0.2, -0.15) is 39.5 Å². The fourth-order valence-corrected chi connectivity index (χ4v) is 2.38. The maximum atomic E-state index is 13.8. The predicted octanol–water partition coefficient (Wildman–Crippen LogP) is 3.78. The molecular weight excluding hydrogens is 345 g/mol. The second-order valence-corrected chi connectivity index (χ2v) is 5.40. The molecule has 0 aliphatic carbocycles. The molecule has 0 aromatic rings. The summed E-state index contributed by atoms with van der Waals surface area (Å²) in [6.07, 6.45) is -6.87. The lowest BCUT2D eigenvalue weighted by molar-refractivity contribution is -0.740. The highest BCUT2D eigenvalue weighted by Gasteiger charge is 2.89. The van der Waals surface area contributed by atoms with Gasteiger partial charge in [-0.05, 0) is 13.8 Å². The van der Waals surface area contributed by atoms with Gasteiger partial charge in [-0.25, -0.2) is 9.28 Å². The number of halogens is 9. The molecule has 1 fully saturated rings. The third-order valence-corrected chi connectivity index (χ3v) is 3.88. The summed E-state index contributed by atoms with van der Waals surface area (Å²) in [6, 6.07) is -2.68. The van der Waals surface area contributed by atoms with E-state index in [9.17, 15) is 44.3 Å². The number of hydrogen-bond acceptors (Lipinski definition) is 1. The van der Waals surface area contributed by atoms with Crippen molar-refractivity contribution in [1.29, 1.82) is 0 Å². The van der Waals surface area contributed by atoms with Gasteiger partial charge in [0.25, 0.3) is 0 Å². The van der Waals surface area contributed by atoms with Crippen molar-refractivity contribution < 1.29 is 48.8 Å². The van der Waals surface area contributed by atoms with Crippen LogP contribution in [-0.4, -0.2) is 53.5 Å². The number of alkyl halides is 9. The second kappa shape index (κ2) is 5.12. The zero-order chi connectivity index (χ0) is 18.6. The molecule has 1 saturated heterocycles. The Morgan fingerprint density at radius 3 is 1.78 bits per heavy atom. The highest BCUT2D eigenvalue weighted by atomic mass is 19.4. The Hall–Kier alpha value is -1.26. The van der Waals surface area contributed by atoms with Crippen LogP contribution < -0.4 is 0 Å². The summed E-state index contributed by atoms with van der Waals surface area (Å²) in [5.74, 6) is -20.5. The molecule has 23 heavy (non-hydrogen) atoms. The van der Waals surface area contributed by atoms with Crippen molar-refractivity contribution in [3.05, 3.63) is 12.2 Å². The molecule has 0 radical (unpaired) electrons. The molecule has 1 amide bonds. The number of nitrogens with zero attached hydrogens (tertiary/aromatic N) is 1. The van der Waals surface area contributed by atoms with E-state index in [0.29, 0.717) is 0 Å². The van der Waals surface area contributed by atoms with Crippen molar-refractivity contribution in [2.45, 2.75) is 43.8 Å². The number of rotatable bonds is 5. The summed E-state index contributed by atoms with van der Waals surface area (Å²) in [7, 11) is 0. The molecule has 11 heteroatoms. The van der Waals surface area contributed by atoms with Crippen molar-refractivity contribution in [2.24, 2.45) is 0 Å². The minimum absolute atomic E-state index is 0.295. The highest BCUT2D eigenvalue weighted by molar-refractivity contribution is 5.87. The molecule has 0 aromatic carbocycles. The fraction of sp³-hybridized carbons (Fsp3) is 0.750. The predicted molar refractivity (Wildman–Crippen MR) is 60.2 cm³/mol. The van der Waals surface area contributed by atoms with Crippen LogP contribution in [0.25, 0.3) is 0 Å². The monoisotopic (exact) mass is 358 g/mol. The third kappa shape index (κ3) is 2.52. The summed E-state index contributed by atoms with van der Waals surface area (Å²) in [4.78, 5) is 11.8. The largest absolute Gasteiger partial charge is 0.460 e. The van der Waals surface area contributed by atoms with Gasteiger partial charge in [0.2, 0.25) is 6.04 Å². The molecule has 1 aliphatic heterocycles. The summed E-state index contributed by atoms with van der Waals surface area (Å²) in [5.41, 5.74) is -0.295. The molecule has 1 aliphatic rings. The zero-order valence-electron chi connectivity index (χ0n) is 12.0. The maximum absolute atomic E-state index is 13.8. The van der Waals surface area contributed by atoms with Gasteiger partial charge in [-0.3, -0.25) is 0 Å². The fourth-order valence-electron chi connectivity index (χ4n) is 2.38. The van der Waals surface area contributed by atoms with E-state index in [-0.39, 0.29) is 5.57 Å². The van der Waals surface area contributed by atoms with E-state index in [1.165, 1.54) is 0 Å². The van der Waals surface area contributed by atoms with Crippen molar-refractivity contribution in [2.75, 3.05) is 13.1 Å². The van der Waals surface area contributed by atoms with Crippen LogP contribution in [0.3, 0.4) is 0 Å². The van der Waals surface area contributed by atoms with E-state index in [1.807, 2.05) is 0 Å². The topological polar surface area (TPSA) is 17.1 Å². The van der Waals surface area contributed by atoms with Gasteiger partial charge < -0.3 is 0 Å². The lowest BCUT2D eigenvalue weighted by Gasteiger charge is -2.33. The van der Waals surface area contributed by atoms with Gasteiger partial charge in [0.1, 0.15) is 6.54 Å². The Balaban J connectivity index is 3.28. The number of quaternary nitrogens is 1. The lowest BCUT2D eigenvalue weighted by atomic mass is 10.0. The van der Waals surface area contributed by atoms with Crippen LogP contribution in [0.2, 0.25) is 0 Å². The number of carbonyl (C=O) groups is 1. The van der Waals surface area contributed by atoms with Gasteiger partial charge in [-0.15, -0.1) is 0 Å². The number of amides is 1. The molecule has 1 rings (SSSR count). The molecule has 2 nitrogen and oxygen atoms in total. The Labute approximate surface area is 125 Å². The summed E-state index contributed by atoms with van der Waals surface area (Å²) < 4.78 is 115. The highest BCUT2D eigenvalue weighted by Crippen LogP contribution is 2.58. The molecule has 2 unspecified atom stereocenters. The second-order valence-electron chi connectivity index (χ2n) is 5.40. The van der Waals surface area contributed by atoms with Crippen LogP contribution in [0.4, 0.5) is 39.5 Å². The van der Waals surface area contributed by atoms with Crippen molar-refractivity contribution >= 4 is 5.91 Å². The van der Waals surface area contributed by atoms with Crippen molar-refractivity contribution in [3.63, 3.8) is 0 Å². The normalized spacial score (nSPS) is 26.1. The first-order valence-corrected chi connectivity index (χ1v) is 6.28. The van der Waals surface area contributed by atoms with E-state index in [0.717, 1.165) is 13.8 Å². The summed E-state index contributed by atoms with van der Waals surface area (Å²) in [5, 5.41) is 0. The van der Waals surface area contributed by atoms with Crippen molar-refractivity contribution in [1.82, 2.24) is 0 Å². The lowest BCUT2D eigenvalue weighted by Crippen LogP contribution is -2.64. The first-order valence-electron chi connectivity index (χ1n) is 6.28. The number of hydrogen-bond donors (Lipinski definition) is 0. The smallest absolute Gasteiger partial charge is 0.239 e. The Morgan fingerprint density at radius 2 is 1.48 bits per heavy atom. The van der Waals surface area contributed by atoms with Crippen LogP contribution >= 0.6 is 0 Å². The SMILES string of the molecule is C=C(C)C(=O)[N+]1(CC)CC1C(F)(F)C(F)(F)C(F)(F)C(F)(F)F. The van der Waals surface area contributed by atoms with Gasteiger partial charge in [-0.1, -0.05) is 6.58 Å². The summed E-state index contributed by atoms with van der Waals surface area (Å²) >= 11 is 0. The molecule has 0 spiro atoms. The van der Waals surface area contributed by atoms with Crippen LogP contribution in [-0.2, 0) is 4.79 Å². The average Bonchev–Trinajstić information content (AvgIpc) is 3.12. The van der Waals surface area contributed by atoms with Crippen LogP contribution in [0, 0.1) is 0 Å². The van der Waals surface area contributed by atoms with Crippen LogP contribution in [0.1, 0.15) is 13.8 Å². The Bertz CT molecular complexity index is 525. The Kier molecular flexibility index (Phi) is 4.40. The maximum Gasteiger partial charge on any atom is 0.460 e. The molecule has 0 bridgehead atoms. The molecule has 134 valence electrons. The van der Waals surface area contributed by atoms with Gasteiger partial charge in [0.05, 0.1) is 6.54 Å². The molecular formula is C12H13F9NO+. The molecule has 0 aromatic heterocycles. The average molecular weight is 358 g/mol. The van der Waals surface area contributed by atoms with E-state index in [1.54, 1.807) is 0 Å². The quantitative estimate of drug-likeness (QED) is 0.316. The molecule has 0 saturated carbocycles. The number of carbonyl (C=O) groups excluding carboxylic acids is 1. The summed E-state index contributed by atoms with van der Waals surface area (Å²) in [6.45, 7) is 3.95. The van der Waals surface area contributed by atoms with E-state index in [2.05, 4.69) is 6.58 Å².